The fourth-order valence-electron chi connectivity index (χ4n) is 2.31. The maximum Gasteiger partial charge on any atom is 0.349 e. The van der Waals surface area contributed by atoms with E-state index >= 15 is 0 Å². The Hall–Kier alpha value is -3.45. The van der Waals surface area contributed by atoms with Gasteiger partial charge in [0.05, 0.1) is 17.9 Å². The number of amides is 2. The van der Waals surface area contributed by atoms with Crippen LogP contribution in [0.1, 0.15) is 10.4 Å². The normalized spacial score (nSPS) is 10.4. The quantitative estimate of drug-likeness (QED) is 0.630. The smallest absolute Gasteiger partial charge is 0.349 e. The van der Waals surface area contributed by atoms with Gasteiger partial charge in [-0.15, -0.1) is 0 Å². The predicted molar refractivity (Wildman–Crippen MR) is 94.6 cm³/mol. The van der Waals surface area contributed by atoms with Gasteiger partial charge in [-0.2, -0.15) is 0 Å². The average molecular weight is 337 g/mol. The van der Waals surface area contributed by atoms with Crippen molar-refractivity contribution in [2.45, 2.75) is 0 Å². The molecule has 3 aromatic rings. The number of para-hydroxylation sites is 3. The van der Waals surface area contributed by atoms with Crippen molar-refractivity contribution in [1.29, 1.82) is 0 Å². The zero-order valence-electron chi connectivity index (χ0n) is 13.1. The molecular formula is C18H15N3O4. The summed E-state index contributed by atoms with van der Waals surface area (Å²) in [5.41, 5.74) is 5.56. The lowest BCUT2D eigenvalue weighted by atomic mass is 10.1. The Morgan fingerprint density at radius 3 is 2.32 bits per heavy atom. The Morgan fingerprint density at radius 1 is 0.960 bits per heavy atom. The fourth-order valence-corrected chi connectivity index (χ4v) is 2.31. The van der Waals surface area contributed by atoms with Gasteiger partial charge in [0, 0.05) is 5.39 Å². The van der Waals surface area contributed by atoms with E-state index in [4.69, 9.17) is 10.2 Å². The monoisotopic (exact) mass is 337 g/mol. The van der Waals surface area contributed by atoms with E-state index in [1.165, 1.54) is 6.07 Å². The Kier molecular flexibility index (Phi) is 4.58. The minimum atomic E-state index is -0.736. The molecule has 0 spiro atoms. The first-order valence-electron chi connectivity index (χ1n) is 7.51. The number of nitrogens with one attached hydrogen (secondary N) is 2. The highest BCUT2D eigenvalue weighted by atomic mass is 16.4. The van der Waals surface area contributed by atoms with Crippen LogP contribution in [-0.2, 0) is 4.79 Å². The summed E-state index contributed by atoms with van der Waals surface area (Å²) >= 11 is 0. The van der Waals surface area contributed by atoms with Crippen molar-refractivity contribution in [3.63, 3.8) is 0 Å². The Morgan fingerprint density at radius 2 is 1.60 bits per heavy atom. The molecule has 0 unspecified atom stereocenters. The van der Waals surface area contributed by atoms with E-state index in [1.807, 2.05) is 0 Å². The number of hydrogen-bond donors (Lipinski definition) is 3. The molecule has 0 radical (unpaired) electrons. The van der Waals surface area contributed by atoms with Gasteiger partial charge in [-0.05, 0) is 24.3 Å². The molecule has 1 heterocycles. The highest BCUT2D eigenvalue weighted by Gasteiger charge is 2.15. The fraction of sp³-hybridized carbons (Fsp3) is 0.0556. The molecule has 7 nitrogen and oxygen atoms in total. The maximum atomic E-state index is 12.5. The van der Waals surface area contributed by atoms with Gasteiger partial charge in [-0.3, -0.25) is 9.59 Å². The summed E-state index contributed by atoms with van der Waals surface area (Å²) in [6, 6.07) is 15.0. The van der Waals surface area contributed by atoms with E-state index in [0.717, 1.165) is 0 Å². The van der Waals surface area contributed by atoms with Crippen molar-refractivity contribution >= 4 is 34.2 Å². The molecular weight excluding hydrogens is 322 g/mol. The van der Waals surface area contributed by atoms with Crippen LogP contribution in [0.2, 0.25) is 0 Å². The molecule has 0 aliphatic rings. The van der Waals surface area contributed by atoms with Crippen molar-refractivity contribution in [1.82, 2.24) is 0 Å². The van der Waals surface area contributed by atoms with Crippen LogP contribution >= 0.6 is 0 Å². The predicted octanol–water partition coefficient (Wildman–Crippen LogP) is 1.94. The van der Waals surface area contributed by atoms with Gasteiger partial charge in [0.2, 0.25) is 5.91 Å². The molecule has 126 valence electrons. The number of hydrogen-bond acceptors (Lipinski definition) is 5. The number of benzene rings is 2. The van der Waals surface area contributed by atoms with Gasteiger partial charge < -0.3 is 20.8 Å². The van der Waals surface area contributed by atoms with Crippen molar-refractivity contribution in [3.05, 3.63) is 70.6 Å². The van der Waals surface area contributed by atoms with Gasteiger partial charge in [0.15, 0.2) is 0 Å². The summed E-state index contributed by atoms with van der Waals surface area (Å²) in [5, 5.41) is 5.82. The SMILES string of the molecule is NCC(=O)Nc1ccccc1NC(=O)c1cc2ccccc2oc1=O. The molecule has 0 fully saturated rings. The van der Waals surface area contributed by atoms with Gasteiger partial charge in [-0.1, -0.05) is 30.3 Å². The molecule has 0 aliphatic carbocycles. The summed E-state index contributed by atoms with van der Waals surface area (Å²) in [7, 11) is 0. The molecule has 1 aromatic heterocycles. The van der Waals surface area contributed by atoms with Gasteiger partial charge in [0.25, 0.3) is 5.91 Å². The number of fused-ring (bicyclic) bond motifs is 1. The Labute approximate surface area is 142 Å². The average Bonchev–Trinajstić information content (AvgIpc) is 2.62. The number of nitrogens with two attached hydrogens (primary N) is 1. The standard InChI is InChI=1S/C18H15N3O4/c19-10-16(22)20-13-6-2-3-7-14(13)21-17(23)12-9-11-5-1-4-8-15(11)25-18(12)24/h1-9H,10,19H2,(H,20,22)(H,21,23). The zero-order valence-corrected chi connectivity index (χ0v) is 13.1. The van der Waals surface area contributed by atoms with Crippen LogP contribution in [0, 0.1) is 0 Å². The molecule has 0 aliphatic heterocycles. The number of carbonyl (C=O) groups is 2. The topological polar surface area (TPSA) is 114 Å². The molecule has 0 atom stereocenters. The zero-order chi connectivity index (χ0) is 17.8. The molecule has 0 saturated carbocycles. The van der Waals surface area contributed by atoms with Crippen LogP contribution in [0.5, 0.6) is 0 Å². The van der Waals surface area contributed by atoms with Gasteiger partial charge in [0.1, 0.15) is 11.1 Å². The van der Waals surface area contributed by atoms with Crippen LogP contribution in [-0.4, -0.2) is 18.4 Å². The second-order valence-corrected chi connectivity index (χ2v) is 5.24. The van der Waals surface area contributed by atoms with E-state index in [9.17, 15) is 14.4 Å². The molecule has 2 amide bonds. The second kappa shape index (κ2) is 6.98. The Balaban J connectivity index is 1.92. The minimum absolute atomic E-state index is 0.126. The number of rotatable bonds is 4. The largest absolute Gasteiger partial charge is 0.422 e. The molecule has 2 aromatic carbocycles. The summed E-state index contributed by atoms with van der Waals surface area (Å²) in [4.78, 5) is 36.0. The summed E-state index contributed by atoms with van der Waals surface area (Å²) in [5.74, 6) is -1.03. The summed E-state index contributed by atoms with van der Waals surface area (Å²) in [6.07, 6.45) is 0. The van der Waals surface area contributed by atoms with E-state index in [-0.39, 0.29) is 12.1 Å². The van der Waals surface area contributed by atoms with Crippen molar-refractivity contribution < 1.29 is 14.0 Å². The van der Waals surface area contributed by atoms with Crippen LogP contribution in [0.15, 0.2) is 63.8 Å². The van der Waals surface area contributed by atoms with Crippen LogP contribution in [0.4, 0.5) is 11.4 Å². The third kappa shape index (κ3) is 3.56. The van der Waals surface area contributed by atoms with Gasteiger partial charge in [-0.25, -0.2) is 4.79 Å². The Bertz CT molecular complexity index is 1010. The first-order valence-corrected chi connectivity index (χ1v) is 7.51. The summed E-state index contributed by atoms with van der Waals surface area (Å²) < 4.78 is 5.16. The van der Waals surface area contributed by atoms with Crippen molar-refractivity contribution in [2.24, 2.45) is 5.73 Å². The highest BCUT2D eigenvalue weighted by molar-refractivity contribution is 6.08. The van der Waals surface area contributed by atoms with Crippen LogP contribution in [0.3, 0.4) is 0 Å². The number of carbonyl (C=O) groups excluding carboxylic acids is 2. The third-order valence-corrected chi connectivity index (χ3v) is 3.52. The van der Waals surface area contributed by atoms with E-state index in [2.05, 4.69) is 10.6 Å². The molecule has 0 saturated heterocycles. The molecule has 4 N–H and O–H groups in total. The first kappa shape index (κ1) is 16.4. The third-order valence-electron chi connectivity index (χ3n) is 3.52. The first-order chi connectivity index (χ1) is 12.1. The van der Waals surface area contributed by atoms with Crippen LogP contribution in [0.25, 0.3) is 11.0 Å². The van der Waals surface area contributed by atoms with Crippen LogP contribution < -0.4 is 22.0 Å². The van der Waals surface area contributed by atoms with E-state index < -0.39 is 17.4 Å². The molecule has 25 heavy (non-hydrogen) atoms. The minimum Gasteiger partial charge on any atom is -0.422 e. The lowest BCUT2D eigenvalue weighted by Gasteiger charge is -2.11. The number of anilines is 2. The lowest BCUT2D eigenvalue weighted by Crippen LogP contribution is -2.24. The van der Waals surface area contributed by atoms with Gasteiger partial charge >= 0.3 is 5.63 Å². The lowest BCUT2D eigenvalue weighted by molar-refractivity contribution is -0.114. The van der Waals surface area contributed by atoms with Crippen molar-refractivity contribution in [3.8, 4) is 0 Å². The van der Waals surface area contributed by atoms with E-state index in [1.54, 1.807) is 48.5 Å². The van der Waals surface area contributed by atoms with Crippen molar-refractivity contribution in [2.75, 3.05) is 17.2 Å². The molecule has 3 rings (SSSR count). The molecule has 7 heteroatoms. The second-order valence-electron chi connectivity index (χ2n) is 5.24. The van der Waals surface area contributed by atoms with E-state index in [0.29, 0.717) is 22.3 Å². The maximum absolute atomic E-state index is 12.5. The summed E-state index contributed by atoms with van der Waals surface area (Å²) in [6.45, 7) is -0.184. The highest BCUT2D eigenvalue weighted by Crippen LogP contribution is 2.22. The molecule has 0 bridgehead atoms.